The molecule has 3 nitrogen and oxygen atoms in total. The third-order valence-corrected chi connectivity index (χ3v) is 4.42. The molecule has 0 unspecified atom stereocenters. The molecule has 3 heteroatoms. The van der Waals surface area contributed by atoms with Crippen molar-refractivity contribution < 1.29 is 4.79 Å². The number of amides is 1. The van der Waals surface area contributed by atoms with Crippen molar-refractivity contribution in [2.24, 2.45) is 17.6 Å². The van der Waals surface area contributed by atoms with Gasteiger partial charge in [-0.25, -0.2) is 0 Å². The SMILES string of the molecule is CN(CC1CC(N)C1)C(=O)CC1CCCCC1. The fourth-order valence-corrected chi connectivity index (χ4v) is 3.22. The molecule has 0 bridgehead atoms. The summed E-state index contributed by atoms with van der Waals surface area (Å²) in [5, 5.41) is 0. The van der Waals surface area contributed by atoms with Gasteiger partial charge in [0.2, 0.25) is 5.91 Å². The highest BCUT2D eigenvalue weighted by Crippen LogP contribution is 2.28. The Bertz CT molecular complexity index is 255. The van der Waals surface area contributed by atoms with Crippen LogP contribution in [0.4, 0.5) is 0 Å². The molecule has 0 heterocycles. The normalized spacial score (nSPS) is 29.8. The summed E-state index contributed by atoms with van der Waals surface area (Å²) < 4.78 is 0. The van der Waals surface area contributed by atoms with Gasteiger partial charge in [-0.3, -0.25) is 4.79 Å². The minimum atomic E-state index is 0.345. The maximum Gasteiger partial charge on any atom is 0.222 e. The maximum atomic E-state index is 12.1. The molecular weight excluding hydrogens is 212 g/mol. The lowest BCUT2D eigenvalue weighted by Gasteiger charge is -2.35. The Balaban J connectivity index is 1.67. The third-order valence-electron chi connectivity index (χ3n) is 4.42. The molecule has 0 aliphatic heterocycles. The zero-order valence-electron chi connectivity index (χ0n) is 11.0. The third kappa shape index (κ3) is 3.70. The van der Waals surface area contributed by atoms with E-state index in [4.69, 9.17) is 5.73 Å². The highest BCUT2D eigenvalue weighted by molar-refractivity contribution is 5.76. The molecule has 0 radical (unpaired) electrons. The summed E-state index contributed by atoms with van der Waals surface area (Å²) in [5.74, 6) is 1.66. The summed E-state index contributed by atoms with van der Waals surface area (Å²) in [5.41, 5.74) is 5.77. The summed E-state index contributed by atoms with van der Waals surface area (Å²) in [4.78, 5) is 14.0. The molecule has 1 amide bonds. The highest BCUT2D eigenvalue weighted by atomic mass is 16.2. The Labute approximate surface area is 105 Å². The van der Waals surface area contributed by atoms with Crippen molar-refractivity contribution in [1.82, 2.24) is 4.90 Å². The van der Waals surface area contributed by atoms with Crippen LogP contribution in [0.3, 0.4) is 0 Å². The zero-order chi connectivity index (χ0) is 12.3. The average Bonchev–Trinajstić information content (AvgIpc) is 2.28. The molecule has 0 saturated heterocycles. The Morgan fingerprint density at radius 1 is 1.18 bits per heavy atom. The van der Waals surface area contributed by atoms with E-state index in [1.54, 1.807) is 0 Å². The van der Waals surface area contributed by atoms with Gasteiger partial charge in [-0.1, -0.05) is 19.3 Å². The Hall–Kier alpha value is -0.570. The molecule has 0 aromatic heterocycles. The minimum Gasteiger partial charge on any atom is -0.345 e. The lowest BCUT2D eigenvalue weighted by atomic mass is 9.80. The predicted molar refractivity (Wildman–Crippen MR) is 69.5 cm³/mol. The summed E-state index contributed by atoms with van der Waals surface area (Å²) in [6.07, 6.45) is 9.48. The molecular formula is C14H26N2O. The summed E-state index contributed by atoms with van der Waals surface area (Å²) in [6, 6.07) is 0.391. The second kappa shape index (κ2) is 5.85. The number of carbonyl (C=O) groups is 1. The van der Waals surface area contributed by atoms with Gasteiger partial charge in [0.25, 0.3) is 0 Å². The Kier molecular flexibility index (Phi) is 4.43. The summed E-state index contributed by atoms with van der Waals surface area (Å²) in [6.45, 7) is 0.916. The minimum absolute atomic E-state index is 0.345. The lowest BCUT2D eigenvalue weighted by molar-refractivity contribution is -0.132. The molecule has 2 aliphatic rings. The molecule has 98 valence electrons. The van der Waals surface area contributed by atoms with E-state index in [0.717, 1.165) is 25.8 Å². The van der Waals surface area contributed by atoms with E-state index >= 15 is 0 Å². The van der Waals surface area contributed by atoms with E-state index in [0.29, 0.717) is 23.8 Å². The van der Waals surface area contributed by atoms with Crippen LogP contribution >= 0.6 is 0 Å². The number of nitrogens with zero attached hydrogens (tertiary/aromatic N) is 1. The average molecular weight is 238 g/mol. The first-order valence-electron chi connectivity index (χ1n) is 7.14. The second-order valence-electron chi connectivity index (χ2n) is 6.08. The van der Waals surface area contributed by atoms with Crippen LogP contribution in [0.1, 0.15) is 51.4 Å². The van der Waals surface area contributed by atoms with Crippen LogP contribution in [0.2, 0.25) is 0 Å². The van der Waals surface area contributed by atoms with Crippen molar-refractivity contribution in [3.8, 4) is 0 Å². The van der Waals surface area contributed by atoms with Crippen molar-refractivity contribution in [1.29, 1.82) is 0 Å². The van der Waals surface area contributed by atoms with Crippen LogP contribution in [0.15, 0.2) is 0 Å². The monoisotopic (exact) mass is 238 g/mol. The molecule has 2 rings (SSSR count). The molecule has 0 atom stereocenters. The van der Waals surface area contributed by atoms with E-state index in [1.165, 1.54) is 32.1 Å². The maximum absolute atomic E-state index is 12.1. The predicted octanol–water partition coefficient (Wildman–Crippen LogP) is 2.15. The Morgan fingerprint density at radius 2 is 1.82 bits per heavy atom. The van der Waals surface area contributed by atoms with Gasteiger partial charge >= 0.3 is 0 Å². The standard InChI is InChI=1S/C14H26N2O/c1-16(10-12-7-13(15)8-12)14(17)9-11-5-3-2-4-6-11/h11-13H,2-10,15H2,1H3. The van der Waals surface area contributed by atoms with E-state index in [-0.39, 0.29) is 0 Å². The first kappa shape index (κ1) is 12.9. The molecule has 2 N–H and O–H groups in total. The van der Waals surface area contributed by atoms with Crippen molar-refractivity contribution in [3.63, 3.8) is 0 Å². The quantitative estimate of drug-likeness (QED) is 0.815. The van der Waals surface area contributed by atoms with Crippen LogP contribution in [0.5, 0.6) is 0 Å². The molecule has 0 spiro atoms. The number of carbonyl (C=O) groups excluding carboxylic acids is 1. The Morgan fingerprint density at radius 3 is 2.41 bits per heavy atom. The summed E-state index contributed by atoms with van der Waals surface area (Å²) >= 11 is 0. The van der Waals surface area contributed by atoms with Crippen LogP contribution < -0.4 is 5.73 Å². The van der Waals surface area contributed by atoms with Crippen molar-refractivity contribution in [3.05, 3.63) is 0 Å². The van der Waals surface area contributed by atoms with Crippen LogP contribution in [0, 0.1) is 11.8 Å². The van der Waals surface area contributed by atoms with Gasteiger partial charge in [0.1, 0.15) is 0 Å². The van der Waals surface area contributed by atoms with Gasteiger partial charge < -0.3 is 10.6 Å². The van der Waals surface area contributed by atoms with E-state index < -0.39 is 0 Å². The van der Waals surface area contributed by atoms with Crippen molar-refractivity contribution in [2.45, 2.75) is 57.4 Å². The first-order valence-corrected chi connectivity index (χ1v) is 7.14. The number of hydrogen-bond acceptors (Lipinski definition) is 2. The number of hydrogen-bond donors (Lipinski definition) is 1. The summed E-state index contributed by atoms with van der Waals surface area (Å²) in [7, 11) is 1.95. The van der Waals surface area contributed by atoms with Gasteiger partial charge in [-0.05, 0) is 37.5 Å². The first-order chi connectivity index (χ1) is 8.15. The fraction of sp³-hybridized carbons (Fsp3) is 0.929. The largest absolute Gasteiger partial charge is 0.345 e. The van der Waals surface area contributed by atoms with Crippen LogP contribution in [0.25, 0.3) is 0 Å². The molecule has 0 aromatic rings. The smallest absolute Gasteiger partial charge is 0.222 e. The van der Waals surface area contributed by atoms with Gasteiger partial charge in [0, 0.05) is 26.1 Å². The molecule has 0 aromatic carbocycles. The van der Waals surface area contributed by atoms with Crippen LogP contribution in [-0.4, -0.2) is 30.4 Å². The number of nitrogens with two attached hydrogens (primary N) is 1. The second-order valence-corrected chi connectivity index (χ2v) is 6.08. The van der Waals surface area contributed by atoms with Gasteiger partial charge in [0.05, 0.1) is 0 Å². The van der Waals surface area contributed by atoms with Crippen LogP contribution in [-0.2, 0) is 4.79 Å². The van der Waals surface area contributed by atoms with Gasteiger partial charge in [-0.2, -0.15) is 0 Å². The highest BCUT2D eigenvalue weighted by Gasteiger charge is 2.28. The fourth-order valence-electron chi connectivity index (χ4n) is 3.22. The molecule has 2 saturated carbocycles. The topological polar surface area (TPSA) is 46.3 Å². The zero-order valence-corrected chi connectivity index (χ0v) is 11.0. The molecule has 2 fully saturated rings. The lowest BCUT2D eigenvalue weighted by Crippen LogP contribution is -2.43. The van der Waals surface area contributed by atoms with Gasteiger partial charge in [-0.15, -0.1) is 0 Å². The van der Waals surface area contributed by atoms with E-state index in [1.807, 2.05) is 11.9 Å². The molecule has 17 heavy (non-hydrogen) atoms. The van der Waals surface area contributed by atoms with Crippen molar-refractivity contribution in [2.75, 3.05) is 13.6 Å². The van der Waals surface area contributed by atoms with E-state index in [9.17, 15) is 4.79 Å². The van der Waals surface area contributed by atoms with Gasteiger partial charge in [0.15, 0.2) is 0 Å². The number of rotatable bonds is 4. The molecule has 2 aliphatic carbocycles. The van der Waals surface area contributed by atoms with Crippen molar-refractivity contribution >= 4 is 5.91 Å². The van der Waals surface area contributed by atoms with E-state index in [2.05, 4.69) is 0 Å².